The van der Waals surface area contributed by atoms with Gasteiger partial charge >= 0.3 is 5.69 Å². The first kappa shape index (κ1) is 23.1. The highest BCUT2D eigenvalue weighted by atomic mass is 16.3. The maximum Gasteiger partial charge on any atom is 0.331 e. The molecule has 1 atom stereocenters. The third-order valence-electron chi connectivity index (χ3n) is 6.97. The van der Waals surface area contributed by atoms with Crippen LogP contribution in [0.4, 0.5) is 0 Å². The molecule has 2 aromatic heterocycles. The molecule has 35 heavy (non-hydrogen) atoms. The standard InChI is InChI=1S/C27H30N4O4/c1-17(2)13-31-22-15-29(14-19-9-6-8-18-7-4-5-10-21(18)19)24(23(22)25(33)28(3)27(31)35)26(34)30-12-11-20(30)16-32/h4-10,15,17,20,32H,11-14,16H2,1-3H3/t20-/m1/s1. The number of amides is 1. The molecule has 182 valence electrons. The number of hydrogen-bond donors (Lipinski definition) is 1. The van der Waals surface area contributed by atoms with Crippen LogP contribution >= 0.6 is 0 Å². The summed E-state index contributed by atoms with van der Waals surface area (Å²) in [5.74, 6) is -0.125. The van der Waals surface area contributed by atoms with Crippen molar-refractivity contribution in [1.29, 1.82) is 0 Å². The molecule has 5 rings (SSSR count). The van der Waals surface area contributed by atoms with Gasteiger partial charge in [-0.3, -0.25) is 18.7 Å². The van der Waals surface area contributed by atoms with E-state index in [2.05, 4.69) is 0 Å². The fourth-order valence-electron chi connectivity index (χ4n) is 5.04. The number of hydrogen-bond acceptors (Lipinski definition) is 4. The minimum atomic E-state index is -0.480. The number of carbonyl (C=O) groups is 1. The van der Waals surface area contributed by atoms with Crippen molar-refractivity contribution in [3.05, 3.63) is 80.8 Å². The number of likely N-dealkylation sites (tertiary alicyclic amines) is 1. The molecule has 0 saturated carbocycles. The molecule has 4 aromatic rings. The summed E-state index contributed by atoms with van der Waals surface area (Å²) in [6, 6.07) is 13.8. The molecule has 8 nitrogen and oxygen atoms in total. The summed E-state index contributed by atoms with van der Waals surface area (Å²) < 4.78 is 4.49. The molecule has 2 aromatic carbocycles. The van der Waals surface area contributed by atoms with Crippen molar-refractivity contribution in [3.8, 4) is 0 Å². The zero-order valence-electron chi connectivity index (χ0n) is 20.3. The van der Waals surface area contributed by atoms with Crippen molar-refractivity contribution < 1.29 is 9.90 Å². The number of benzene rings is 2. The Morgan fingerprint density at radius 2 is 1.86 bits per heavy atom. The number of aliphatic hydroxyl groups is 1. The van der Waals surface area contributed by atoms with E-state index in [-0.39, 0.29) is 35.6 Å². The summed E-state index contributed by atoms with van der Waals surface area (Å²) in [5.41, 5.74) is 0.871. The van der Waals surface area contributed by atoms with E-state index in [4.69, 9.17) is 0 Å². The van der Waals surface area contributed by atoms with Crippen LogP contribution in [-0.4, -0.2) is 48.8 Å². The van der Waals surface area contributed by atoms with Gasteiger partial charge in [0, 0.05) is 32.9 Å². The lowest BCUT2D eigenvalue weighted by Crippen LogP contribution is -2.53. The topological polar surface area (TPSA) is 89.5 Å². The van der Waals surface area contributed by atoms with Crippen LogP contribution < -0.4 is 11.2 Å². The highest BCUT2D eigenvalue weighted by Crippen LogP contribution is 2.27. The third-order valence-corrected chi connectivity index (χ3v) is 6.97. The van der Waals surface area contributed by atoms with Gasteiger partial charge in [0.05, 0.1) is 23.6 Å². The van der Waals surface area contributed by atoms with Gasteiger partial charge < -0.3 is 14.6 Å². The van der Waals surface area contributed by atoms with Gasteiger partial charge in [-0.2, -0.15) is 0 Å². The smallest absolute Gasteiger partial charge is 0.331 e. The number of carbonyl (C=O) groups excluding carboxylic acids is 1. The van der Waals surface area contributed by atoms with Crippen LogP contribution in [-0.2, 0) is 20.1 Å². The van der Waals surface area contributed by atoms with E-state index in [0.29, 0.717) is 25.2 Å². The summed E-state index contributed by atoms with van der Waals surface area (Å²) in [4.78, 5) is 41.8. The van der Waals surface area contributed by atoms with E-state index in [1.165, 1.54) is 7.05 Å². The summed E-state index contributed by atoms with van der Waals surface area (Å²) in [6.07, 6.45) is 2.49. The summed E-state index contributed by atoms with van der Waals surface area (Å²) in [7, 11) is 1.46. The van der Waals surface area contributed by atoms with Crippen molar-refractivity contribution in [1.82, 2.24) is 18.6 Å². The molecule has 0 radical (unpaired) electrons. The molecule has 0 spiro atoms. The molecule has 1 N–H and O–H groups in total. The number of fused-ring (bicyclic) bond motifs is 2. The molecular formula is C27H30N4O4. The zero-order chi connectivity index (χ0) is 24.9. The van der Waals surface area contributed by atoms with Crippen LogP contribution in [0.5, 0.6) is 0 Å². The second kappa shape index (κ2) is 8.85. The predicted octanol–water partition coefficient (Wildman–Crippen LogP) is 2.57. The van der Waals surface area contributed by atoms with E-state index in [0.717, 1.165) is 27.3 Å². The fourth-order valence-corrected chi connectivity index (χ4v) is 5.04. The largest absolute Gasteiger partial charge is 0.394 e. The van der Waals surface area contributed by atoms with Gasteiger partial charge in [0.15, 0.2) is 0 Å². The van der Waals surface area contributed by atoms with E-state index in [1.54, 1.807) is 20.2 Å². The van der Waals surface area contributed by atoms with Gasteiger partial charge in [0.1, 0.15) is 5.69 Å². The van der Waals surface area contributed by atoms with Crippen molar-refractivity contribution >= 4 is 27.6 Å². The highest BCUT2D eigenvalue weighted by Gasteiger charge is 2.36. The van der Waals surface area contributed by atoms with Gasteiger partial charge in [0.25, 0.3) is 11.5 Å². The Morgan fingerprint density at radius 1 is 1.11 bits per heavy atom. The SMILES string of the molecule is CC(C)Cn1c(=O)n(C)c(=O)c2c(C(=O)N3CC[C@@H]3CO)n(Cc3cccc4ccccc34)cc21. The van der Waals surface area contributed by atoms with Gasteiger partial charge in [-0.25, -0.2) is 4.79 Å². The Balaban J connectivity index is 1.77. The highest BCUT2D eigenvalue weighted by molar-refractivity contribution is 6.06. The molecular weight excluding hydrogens is 444 g/mol. The van der Waals surface area contributed by atoms with Gasteiger partial charge in [-0.15, -0.1) is 0 Å². The molecule has 1 amide bonds. The lowest BCUT2D eigenvalue weighted by atomic mass is 10.0. The average molecular weight is 475 g/mol. The molecule has 1 fully saturated rings. The van der Waals surface area contributed by atoms with Crippen LogP contribution in [0.25, 0.3) is 21.7 Å². The second-order valence-electron chi connectivity index (χ2n) is 9.78. The maximum atomic E-state index is 13.8. The Labute approximate surface area is 202 Å². The molecule has 0 aliphatic carbocycles. The predicted molar refractivity (Wildman–Crippen MR) is 136 cm³/mol. The molecule has 1 aliphatic rings. The zero-order valence-corrected chi connectivity index (χ0v) is 20.3. The van der Waals surface area contributed by atoms with Crippen LogP contribution in [0.1, 0.15) is 36.3 Å². The Bertz CT molecular complexity index is 1550. The van der Waals surface area contributed by atoms with Gasteiger partial charge in [-0.1, -0.05) is 56.3 Å². The first-order valence-corrected chi connectivity index (χ1v) is 12.0. The summed E-state index contributed by atoms with van der Waals surface area (Å²) >= 11 is 0. The molecule has 3 heterocycles. The summed E-state index contributed by atoms with van der Waals surface area (Å²) in [6.45, 7) is 5.22. The van der Waals surface area contributed by atoms with Crippen LogP contribution in [0.2, 0.25) is 0 Å². The Kier molecular flexibility index (Phi) is 5.84. The van der Waals surface area contributed by atoms with Gasteiger partial charge in [0.2, 0.25) is 0 Å². The van der Waals surface area contributed by atoms with E-state index < -0.39 is 11.2 Å². The normalized spacial score (nSPS) is 15.8. The van der Waals surface area contributed by atoms with Crippen molar-refractivity contribution in [3.63, 3.8) is 0 Å². The van der Waals surface area contributed by atoms with Crippen LogP contribution in [0.15, 0.2) is 58.3 Å². The van der Waals surface area contributed by atoms with Gasteiger partial charge in [-0.05, 0) is 28.7 Å². The first-order valence-electron chi connectivity index (χ1n) is 12.0. The molecule has 0 unspecified atom stereocenters. The Hall–Kier alpha value is -3.65. The molecule has 8 heteroatoms. The molecule has 0 bridgehead atoms. The number of rotatable bonds is 6. The van der Waals surface area contributed by atoms with E-state index >= 15 is 0 Å². The van der Waals surface area contributed by atoms with E-state index in [1.807, 2.05) is 56.3 Å². The Morgan fingerprint density at radius 3 is 2.54 bits per heavy atom. The number of nitrogens with zero attached hydrogens (tertiary/aromatic N) is 4. The van der Waals surface area contributed by atoms with E-state index in [9.17, 15) is 19.5 Å². The average Bonchev–Trinajstić information content (AvgIpc) is 3.19. The number of aliphatic hydroxyl groups excluding tert-OH is 1. The lowest BCUT2D eigenvalue weighted by Gasteiger charge is -2.40. The minimum Gasteiger partial charge on any atom is -0.394 e. The quantitative estimate of drug-likeness (QED) is 0.465. The lowest BCUT2D eigenvalue weighted by molar-refractivity contribution is 0.0288. The van der Waals surface area contributed by atoms with Crippen LogP contribution in [0.3, 0.4) is 0 Å². The minimum absolute atomic E-state index is 0.121. The van der Waals surface area contributed by atoms with Crippen LogP contribution in [0, 0.1) is 5.92 Å². The molecule has 1 saturated heterocycles. The number of aromatic nitrogens is 3. The first-order chi connectivity index (χ1) is 16.8. The monoisotopic (exact) mass is 474 g/mol. The van der Waals surface area contributed by atoms with Crippen molar-refractivity contribution in [2.24, 2.45) is 13.0 Å². The van der Waals surface area contributed by atoms with Crippen molar-refractivity contribution in [2.45, 2.75) is 39.4 Å². The second-order valence-corrected chi connectivity index (χ2v) is 9.78. The maximum absolute atomic E-state index is 13.8. The fraction of sp³-hybridized carbons (Fsp3) is 0.370. The third kappa shape index (κ3) is 3.78. The summed E-state index contributed by atoms with van der Waals surface area (Å²) in [5, 5.41) is 12.1. The van der Waals surface area contributed by atoms with Crippen molar-refractivity contribution in [2.75, 3.05) is 13.2 Å². The molecule has 1 aliphatic heterocycles.